The highest BCUT2D eigenvalue weighted by Crippen LogP contribution is 2.50. The van der Waals surface area contributed by atoms with Crippen LogP contribution in [0.4, 0.5) is 32.2 Å². The maximum absolute atomic E-state index is 15.3. The number of hydrogen-bond acceptors (Lipinski definition) is 6. The van der Waals surface area contributed by atoms with Gasteiger partial charge in [-0.3, -0.25) is 9.55 Å². The molecule has 0 spiro atoms. The number of halogens is 7. The van der Waals surface area contributed by atoms with Gasteiger partial charge in [0, 0.05) is 77.1 Å². The zero-order valence-electron chi connectivity index (χ0n) is 22.8. The molecule has 0 unspecified atom stereocenters. The number of aromatic nitrogens is 3. The van der Waals surface area contributed by atoms with E-state index in [1.54, 1.807) is 4.90 Å². The van der Waals surface area contributed by atoms with E-state index >= 15 is 4.39 Å². The number of pyridine rings is 1. The van der Waals surface area contributed by atoms with Gasteiger partial charge in [-0.05, 0) is 37.6 Å². The Labute approximate surface area is 251 Å². The van der Waals surface area contributed by atoms with E-state index in [-0.39, 0.29) is 51.6 Å². The van der Waals surface area contributed by atoms with E-state index < -0.39 is 56.9 Å². The Bertz CT molecular complexity index is 1810. The molecule has 2 aliphatic rings. The predicted octanol–water partition coefficient (Wildman–Crippen LogP) is 6.62. The topological polar surface area (TPSA) is 63.1 Å². The van der Waals surface area contributed by atoms with E-state index in [1.165, 1.54) is 16.8 Å². The van der Waals surface area contributed by atoms with Gasteiger partial charge in [-0.1, -0.05) is 11.6 Å². The molecule has 6 nitrogen and oxygen atoms in total. The molecule has 0 saturated carbocycles. The summed E-state index contributed by atoms with van der Waals surface area (Å²) in [6, 6.07) is 3.46. The highest BCUT2D eigenvalue weighted by Gasteiger charge is 2.40. The lowest BCUT2D eigenvalue weighted by molar-refractivity contribution is -0.137. The third-order valence-corrected chi connectivity index (χ3v) is 9.26. The van der Waals surface area contributed by atoms with Crippen molar-refractivity contribution in [3.8, 4) is 11.1 Å². The van der Waals surface area contributed by atoms with Crippen molar-refractivity contribution in [2.24, 2.45) is 0 Å². The average molecular weight is 640 g/mol. The average Bonchev–Trinajstić information content (AvgIpc) is 3.13. The molecule has 14 heteroatoms. The summed E-state index contributed by atoms with van der Waals surface area (Å²) in [6.07, 6.45) is -2.58. The summed E-state index contributed by atoms with van der Waals surface area (Å²) in [5.74, 6) is -3.58. The van der Waals surface area contributed by atoms with Crippen LogP contribution in [0.5, 0.6) is 0 Å². The first kappa shape index (κ1) is 29.8. The molecule has 1 fully saturated rings. The molecule has 0 aliphatic carbocycles. The van der Waals surface area contributed by atoms with Crippen molar-refractivity contribution in [2.45, 2.75) is 49.5 Å². The van der Waals surface area contributed by atoms with Crippen LogP contribution in [0, 0.1) is 17.5 Å². The molecule has 2 aromatic heterocycles. The van der Waals surface area contributed by atoms with Crippen LogP contribution in [-0.4, -0.2) is 45.5 Å². The lowest BCUT2D eigenvalue weighted by atomic mass is 9.95. The monoisotopic (exact) mass is 639 g/mol. The number of alkyl halides is 3. The zero-order chi connectivity index (χ0) is 30.8. The van der Waals surface area contributed by atoms with E-state index in [0.717, 1.165) is 30.1 Å². The van der Waals surface area contributed by atoms with E-state index in [2.05, 4.69) is 15.3 Å². The molecule has 2 aromatic carbocycles. The molecule has 4 heterocycles. The minimum atomic E-state index is -4.99. The summed E-state index contributed by atoms with van der Waals surface area (Å²) in [5.41, 5.74) is -2.75. The molecule has 226 valence electrons. The summed E-state index contributed by atoms with van der Waals surface area (Å²) in [6.45, 7) is 4.46. The quantitative estimate of drug-likeness (QED) is 0.201. The Morgan fingerprint density at radius 3 is 2.42 bits per heavy atom. The van der Waals surface area contributed by atoms with Crippen LogP contribution in [0.25, 0.3) is 22.0 Å². The Morgan fingerprint density at radius 2 is 1.74 bits per heavy atom. The van der Waals surface area contributed by atoms with Crippen LogP contribution in [0.15, 0.2) is 46.3 Å². The summed E-state index contributed by atoms with van der Waals surface area (Å²) in [7, 11) is 0. The van der Waals surface area contributed by atoms with Crippen LogP contribution in [0.3, 0.4) is 0 Å². The van der Waals surface area contributed by atoms with Crippen molar-refractivity contribution in [3.05, 3.63) is 80.7 Å². The molecule has 1 saturated heterocycles. The normalized spacial score (nSPS) is 20.9. The van der Waals surface area contributed by atoms with Crippen molar-refractivity contribution >= 4 is 40.1 Å². The van der Waals surface area contributed by atoms with Gasteiger partial charge in [-0.25, -0.2) is 18.0 Å². The third-order valence-electron chi connectivity index (χ3n) is 7.72. The first-order chi connectivity index (χ1) is 20.3. The maximum atomic E-state index is 15.3. The number of benzene rings is 2. The minimum Gasteiger partial charge on any atom is -0.353 e. The summed E-state index contributed by atoms with van der Waals surface area (Å²) in [4.78, 5) is 23.5. The molecule has 43 heavy (non-hydrogen) atoms. The number of nitrogens with one attached hydrogen (secondary N) is 1. The van der Waals surface area contributed by atoms with Crippen LogP contribution in [0.1, 0.15) is 30.9 Å². The third kappa shape index (κ3) is 5.35. The SMILES string of the molecule is C[C@@H]1CN(c2nc(=O)n3c4c(c(-c5cc(Cl)c(F)cc5F)c(C(F)(F)F)cc24)SC[C@@H](c2ccncc2F)C3)C[C@H](C)N1. The van der Waals surface area contributed by atoms with Crippen molar-refractivity contribution < 1.29 is 26.3 Å². The molecule has 0 bridgehead atoms. The van der Waals surface area contributed by atoms with E-state index in [9.17, 15) is 26.7 Å². The molecule has 3 atom stereocenters. The fourth-order valence-corrected chi connectivity index (χ4v) is 7.55. The van der Waals surface area contributed by atoms with Crippen molar-refractivity contribution in [1.29, 1.82) is 0 Å². The molecule has 4 aromatic rings. The minimum absolute atomic E-state index is 0.0407. The Kier molecular flexibility index (Phi) is 7.62. The van der Waals surface area contributed by atoms with Crippen LogP contribution in [0.2, 0.25) is 5.02 Å². The standard InChI is InChI=1S/C29H24ClF6N5OS/c1-13-9-40(10-14(2)38-13)27-18-5-19(29(34,35)36)24(17-6-20(30)22(32)7-21(17)31)26-25(18)41(28(42)39-27)11-15(12-43-26)16-3-4-37-8-23(16)33/h3-8,13-15,38H,9-12H2,1-2H3/t13-,14+,15-/m0/s1. The molecule has 1 N–H and O–H groups in total. The predicted molar refractivity (Wildman–Crippen MR) is 153 cm³/mol. The van der Waals surface area contributed by atoms with E-state index in [1.807, 2.05) is 13.8 Å². The van der Waals surface area contributed by atoms with Gasteiger partial charge in [0.1, 0.15) is 23.3 Å². The van der Waals surface area contributed by atoms with Gasteiger partial charge in [0.05, 0.1) is 22.3 Å². The number of rotatable bonds is 3. The molecule has 6 rings (SSSR count). The lowest BCUT2D eigenvalue weighted by Crippen LogP contribution is -2.55. The number of thioether (sulfide) groups is 1. The molecule has 2 aliphatic heterocycles. The van der Waals surface area contributed by atoms with Gasteiger partial charge in [0.25, 0.3) is 0 Å². The number of hydrogen-bond donors (Lipinski definition) is 1. The Hall–Kier alpha value is -3.29. The van der Waals surface area contributed by atoms with Gasteiger partial charge in [-0.2, -0.15) is 18.2 Å². The smallest absolute Gasteiger partial charge is 0.353 e. The zero-order valence-corrected chi connectivity index (χ0v) is 24.3. The molecular weight excluding hydrogens is 616 g/mol. The first-order valence-corrected chi connectivity index (χ1v) is 14.8. The van der Waals surface area contributed by atoms with Gasteiger partial charge >= 0.3 is 11.9 Å². The van der Waals surface area contributed by atoms with Gasteiger partial charge in [0.2, 0.25) is 0 Å². The molecule has 0 amide bonds. The molecule has 0 radical (unpaired) electrons. The fourth-order valence-electron chi connectivity index (χ4n) is 6.01. The van der Waals surface area contributed by atoms with E-state index in [4.69, 9.17) is 11.6 Å². The van der Waals surface area contributed by atoms with Gasteiger partial charge < -0.3 is 10.2 Å². The highest BCUT2D eigenvalue weighted by atomic mass is 35.5. The number of piperazine rings is 1. The fraction of sp³-hybridized carbons (Fsp3) is 0.345. The Morgan fingerprint density at radius 1 is 1.02 bits per heavy atom. The molecular formula is C29H24ClF6N5OS. The van der Waals surface area contributed by atoms with Crippen LogP contribution < -0.4 is 15.9 Å². The van der Waals surface area contributed by atoms with Gasteiger partial charge in [0.15, 0.2) is 0 Å². The number of anilines is 1. The highest BCUT2D eigenvalue weighted by molar-refractivity contribution is 7.99. The van der Waals surface area contributed by atoms with Crippen LogP contribution in [-0.2, 0) is 12.7 Å². The second-order valence-corrected chi connectivity index (χ2v) is 12.3. The second kappa shape index (κ2) is 11.0. The second-order valence-electron chi connectivity index (χ2n) is 10.9. The van der Waals surface area contributed by atoms with Crippen LogP contribution >= 0.6 is 23.4 Å². The largest absolute Gasteiger partial charge is 0.417 e. The van der Waals surface area contributed by atoms with Gasteiger partial charge in [-0.15, -0.1) is 11.8 Å². The Balaban J connectivity index is 1.71. The summed E-state index contributed by atoms with van der Waals surface area (Å²) < 4.78 is 90.2. The number of nitrogens with zero attached hydrogens (tertiary/aromatic N) is 4. The first-order valence-electron chi connectivity index (χ1n) is 13.4. The lowest BCUT2D eigenvalue weighted by Gasteiger charge is -2.37. The maximum Gasteiger partial charge on any atom is 0.417 e. The summed E-state index contributed by atoms with van der Waals surface area (Å²) >= 11 is 6.88. The van der Waals surface area contributed by atoms with Crippen molar-refractivity contribution in [3.63, 3.8) is 0 Å². The summed E-state index contributed by atoms with van der Waals surface area (Å²) in [5, 5.41) is 2.83. The van der Waals surface area contributed by atoms with Crippen molar-refractivity contribution in [2.75, 3.05) is 23.7 Å². The van der Waals surface area contributed by atoms with Crippen molar-refractivity contribution in [1.82, 2.24) is 19.9 Å². The van der Waals surface area contributed by atoms with E-state index in [0.29, 0.717) is 19.2 Å².